The van der Waals surface area contributed by atoms with Crippen molar-refractivity contribution < 1.29 is 9.47 Å². The van der Waals surface area contributed by atoms with Gasteiger partial charge in [0, 0.05) is 12.7 Å². The van der Waals surface area contributed by atoms with Crippen LogP contribution in [0.3, 0.4) is 0 Å². The third-order valence-electron chi connectivity index (χ3n) is 2.90. The van der Waals surface area contributed by atoms with Crippen molar-refractivity contribution in [3.8, 4) is 22.6 Å². The van der Waals surface area contributed by atoms with E-state index in [-0.39, 0.29) is 5.56 Å². The van der Waals surface area contributed by atoms with Gasteiger partial charge < -0.3 is 9.47 Å². The number of ether oxygens (including phenoxy) is 2. The molecule has 2 rings (SSSR count). The van der Waals surface area contributed by atoms with Crippen LogP contribution >= 0.6 is 0 Å². The molecule has 0 unspecified atom stereocenters. The highest BCUT2D eigenvalue weighted by molar-refractivity contribution is 5.68. The molecule has 0 saturated heterocycles. The fourth-order valence-electron chi connectivity index (χ4n) is 2.02. The summed E-state index contributed by atoms with van der Waals surface area (Å²) in [6, 6.07) is 5.44. The van der Waals surface area contributed by atoms with Gasteiger partial charge >= 0.3 is 0 Å². The van der Waals surface area contributed by atoms with Crippen molar-refractivity contribution in [3.63, 3.8) is 0 Å². The Balaban J connectivity index is 2.61. The van der Waals surface area contributed by atoms with Gasteiger partial charge in [-0.1, -0.05) is 6.07 Å². The second-order valence-electron chi connectivity index (χ2n) is 4.05. The van der Waals surface area contributed by atoms with Crippen LogP contribution in [-0.2, 0) is 7.05 Å². The lowest BCUT2D eigenvalue weighted by atomic mass is 10.1. The molecule has 5 nitrogen and oxygen atoms in total. The van der Waals surface area contributed by atoms with Crippen LogP contribution in [0, 0.1) is 6.92 Å². The minimum absolute atomic E-state index is 0.0558. The molecule has 0 aliphatic carbocycles. The number of nitrogens with zero attached hydrogens (tertiary/aromatic N) is 1. The molecule has 0 amide bonds. The first kappa shape index (κ1) is 12.3. The van der Waals surface area contributed by atoms with Gasteiger partial charge in [-0.15, -0.1) is 0 Å². The maximum atomic E-state index is 12.0. The zero-order valence-corrected chi connectivity index (χ0v) is 10.9. The third kappa shape index (κ3) is 1.88. The van der Waals surface area contributed by atoms with Gasteiger partial charge in [-0.3, -0.25) is 14.6 Å². The molecule has 96 valence electrons. The molecule has 0 aliphatic heterocycles. The number of hydrogen-bond acceptors (Lipinski definition) is 3. The normalized spacial score (nSPS) is 10.4. The van der Waals surface area contributed by atoms with E-state index in [0.717, 1.165) is 11.3 Å². The van der Waals surface area contributed by atoms with Crippen LogP contribution in [0.4, 0.5) is 0 Å². The minimum Gasteiger partial charge on any atom is -0.493 e. The smallest absolute Gasteiger partial charge is 0.274 e. The summed E-state index contributed by atoms with van der Waals surface area (Å²) in [5.41, 5.74) is 2.24. The largest absolute Gasteiger partial charge is 0.493 e. The van der Waals surface area contributed by atoms with Gasteiger partial charge in [-0.25, -0.2) is 0 Å². The van der Waals surface area contributed by atoms with Gasteiger partial charge in [0.05, 0.1) is 19.8 Å². The standard InChI is InChI=1S/C13H16N2O3/c1-8-12(13(16)15(2)14-8)9-5-6-10(17-3)11(7-9)18-4/h5-7,14H,1-4H3. The Kier molecular flexibility index (Phi) is 3.14. The summed E-state index contributed by atoms with van der Waals surface area (Å²) >= 11 is 0. The quantitative estimate of drug-likeness (QED) is 0.899. The van der Waals surface area contributed by atoms with Crippen LogP contribution in [0.15, 0.2) is 23.0 Å². The van der Waals surface area contributed by atoms with Gasteiger partial charge in [-0.05, 0) is 24.6 Å². The summed E-state index contributed by atoms with van der Waals surface area (Å²) in [6.45, 7) is 1.87. The summed E-state index contributed by atoms with van der Waals surface area (Å²) in [5.74, 6) is 1.25. The summed E-state index contributed by atoms with van der Waals surface area (Å²) in [4.78, 5) is 12.0. The number of H-pyrrole nitrogens is 1. The maximum Gasteiger partial charge on any atom is 0.274 e. The number of hydrogen-bond donors (Lipinski definition) is 1. The Labute approximate surface area is 105 Å². The number of methoxy groups -OCH3 is 2. The molecule has 0 fully saturated rings. The average molecular weight is 248 g/mol. The summed E-state index contributed by atoms with van der Waals surface area (Å²) in [7, 11) is 4.85. The van der Waals surface area contributed by atoms with E-state index in [0.29, 0.717) is 17.1 Å². The minimum atomic E-state index is -0.0558. The molecular formula is C13H16N2O3. The van der Waals surface area contributed by atoms with E-state index in [2.05, 4.69) is 5.10 Å². The van der Waals surface area contributed by atoms with E-state index in [4.69, 9.17) is 9.47 Å². The number of aromatic nitrogens is 2. The molecule has 0 bridgehead atoms. The van der Waals surface area contributed by atoms with Gasteiger partial charge in [0.25, 0.3) is 5.56 Å². The first-order valence-corrected chi connectivity index (χ1v) is 5.56. The van der Waals surface area contributed by atoms with Gasteiger partial charge in [0.2, 0.25) is 0 Å². The van der Waals surface area contributed by atoms with E-state index in [1.807, 2.05) is 13.0 Å². The van der Waals surface area contributed by atoms with Gasteiger partial charge in [0.1, 0.15) is 0 Å². The summed E-state index contributed by atoms with van der Waals surface area (Å²) in [5, 5.41) is 2.97. The first-order valence-electron chi connectivity index (χ1n) is 5.56. The number of rotatable bonds is 3. The van der Waals surface area contributed by atoms with E-state index in [9.17, 15) is 4.79 Å². The molecule has 0 atom stereocenters. The number of aromatic amines is 1. The average Bonchev–Trinajstić information content (AvgIpc) is 2.62. The predicted octanol–water partition coefficient (Wildman–Crippen LogP) is 1.71. The molecule has 18 heavy (non-hydrogen) atoms. The van der Waals surface area contributed by atoms with Crippen LogP contribution < -0.4 is 15.0 Å². The highest BCUT2D eigenvalue weighted by Crippen LogP contribution is 2.31. The Morgan fingerprint density at radius 1 is 1.17 bits per heavy atom. The first-order chi connectivity index (χ1) is 8.58. The van der Waals surface area contributed by atoms with Crippen molar-refractivity contribution in [2.45, 2.75) is 6.92 Å². The van der Waals surface area contributed by atoms with E-state index in [1.54, 1.807) is 33.4 Å². The molecular weight excluding hydrogens is 232 g/mol. The lowest BCUT2D eigenvalue weighted by molar-refractivity contribution is 0.355. The van der Waals surface area contributed by atoms with Gasteiger partial charge in [-0.2, -0.15) is 0 Å². The lowest BCUT2D eigenvalue weighted by Crippen LogP contribution is -2.13. The van der Waals surface area contributed by atoms with Crippen molar-refractivity contribution in [2.24, 2.45) is 7.05 Å². The van der Waals surface area contributed by atoms with Crippen molar-refractivity contribution >= 4 is 0 Å². The molecule has 1 aromatic carbocycles. The highest BCUT2D eigenvalue weighted by atomic mass is 16.5. The molecule has 1 N–H and O–H groups in total. The Bertz CT molecular complexity index is 626. The van der Waals surface area contributed by atoms with E-state index >= 15 is 0 Å². The van der Waals surface area contributed by atoms with Crippen molar-refractivity contribution in [1.82, 2.24) is 9.78 Å². The molecule has 1 heterocycles. The van der Waals surface area contributed by atoms with E-state index < -0.39 is 0 Å². The third-order valence-corrected chi connectivity index (χ3v) is 2.90. The zero-order chi connectivity index (χ0) is 13.3. The van der Waals surface area contributed by atoms with Crippen LogP contribution in [0.25, 0.3) is 11.1 Å². The lowest BCUT2D eigenvalue weighted by Gasteiger charge is -2.08. The zero-order valence-electron chi connectivity index (χ0n) is 10.9. The SMILES string of the molecule is COc1ccc(-c2c(C)[nH]n(C)c2=O)cc1OC. The molecule has 1 aromatic heterocycles. The van der Waals surface area contributed by atoms with Crippen molar-refractivity contribution in [2.75, 3.05) is 14.2 Å². The van der Waals surface area contributed by atoms with Crippen LogP contribution in [0.5, 0.6) is 11.5 Å². The number of nitrogens with one attached hydrogen (secondary N) is 1. The fourth-order valence-corrected chi connectivity index (χ4v) is 2.02. The Morgan fingerprint density at radius 2 is 1.83 bits per heavy atom. The second-order valence-corrected chi connectivity index (χ2v) is 4.05. The summed E-state index contributed by atoms with van der Waals surface area (Å²) < 4.78 is 11.9. The number of aryl methyl sites for hydroxylation is 2. The second kappa shape index (κ2) is 4.60. The predicted molar refractivity (Wildman–Crippen MR) is 69.3 cm³/mol. The van der Waals surface area contributed by atoms with E-state index in [1.165, 1.54) is 4.68 Å². The van der Waals surface area contributed by atoms with Crippen LogP contribution in [-0.4, -0.2) is 24.0 Å². The highest BCUT2D eigenvalue weighted by Gasteiger charge is 2.13. The van der Waals surface area contributed by atoms with Crippen LogP contribution in [0.2, 0.25) is 0 Å². The Hall–Kier alpha value is -2.17. The molecule has 2 aromatic rings. The molecule has 0 radical (unpaired) electrons. The molecule has 5 heteroatoms. The summed E-state index contributed by atoms with van der Waals surface area (Å²) in [6.07, 6.45) is 0. The van der Waals surface area contributed by atoms with Crippen molar-refractivity contribution in [1.29, 1.82) is 0 Å². The fraction of sp³-hybridized carbons (Fsp3) is 0.308. The maximum absolute atomic E-state index is 12.0. The van der Waals surface area contributed by atoms with Crippen LogP contribution in [0.1, 0.15) is 5.69 Å². The topological polar surface area (TPSA) is 56.2 Å². The number of benzene rings is 1. The van der Waals surface area contributed by atoms with Gasteiger partial charge in [0.15, 0.2) is 11.5 Å². The van der Waals surface area contributed by atoms with Crippen molar-refractivity contribution in [3.05, 3.63) is 34.2 Å². The Morgan fingerprint density at radius 3 is 2.33 bits per heavy atom. The molecule has 0 saturated carbocycles. The molecule has 0 aliphatic rings. The monoisotopic (exact) mass is 248 g/mol. The molecule has 0 spiro atoms.